The molecular formula is C2H4ClPd. The van der Waals surface area contributed by atoms with Crippen LogP contribution in [0.4, 0.5) is 0 Å². The van der Waals surface area contributed by atoms with Gasteiger partial charge in [0.25, 0.3) is 0 Å². The Hall–Kier alpha value is 0.952. The second-order valence-electron chi connectivity index (χ2n) is 0.470. The van der Waals surface area contributed by atoms with Gasteiger partial charge >= 0.3 is 41.6 Å². The number of alkyl halides is 1. The summed E-state index contributed by atoms with van der Waals surface area (Å²) in [6.45, 7) is 1.87. The zero-order chi connectivity index (χ0) is 3.58. The molecule has 0 nitrogen and oxygen atoms in total. The molecule has 0 rings (SSSR count). The zero-order valence-electron chi connectivity index (χ0n) is 2.27. The van der Waals surface area contributed by atoms with E-state index in [0.717, 1.165) is 0 Å². The molecule has 0 N–H and O–H groups in total. The third-order valence-electron chi connectivity index (χ3n) is 0. The van der Waals surface area contributed by atoms with Crippen LogP contribution in [0.1, 0.15) is 6.92 Å². The molecule has 0 aliphatic carbocycles. The molecule has 0 radical (unpaired) electrons. The van der Waals surface area contributed by atoms with E-state index in [2.05, 4.69) is 19.2 Å². The van der Waals surface area contributed by atoms with E-state index in [4.69, 9.17) is 11.6 Å². The Labute approximate surface area is 41.9 Å². The van der Waals surface area contributed by atoms with Crippen molar-refractivity contribution in [2.24, 2.45) is 0 Å². The van der Waals surface area contributed by atoms with Crippen molar-refractivity contribution in [3.05, 3.63) is 0 Å². The summed E-state index contributed by atoms with van der Waals surface area (Å²) in [6, 6.07) is 0. The summed E-state index contributed by atoms with van der Waals surface area (Å²) in [4.78, 5) is 0. The summed E-state index contributed by atoms with van der Waals surface area (Å²) in [5, 5.41) is 0. The van der Waals surface area contributed by atoms with Crippen molar-refractivity contribution in [2.75, 3.05) is 0 Å². The van der Waals surface area contributed by atoms with Crippen LogP contribution in [-0.2, 0) is 19.2 Å². The van der Waals surface area contributed by atoms with Gasteiger partial charge in [-0.25, -0.2) is 0 Å². The summed E-state index contributed by atoms with van der Waals surface area (Å²) in [6.07, 6.45) is 0. The molecule has 0 spiro atoms. The van der Waals surface area contributed by atoms with Crippen molar-refractivity contribution in [1.82, 2.24) is 0 Å². The van der Waals surface area contributed by atoms with Crippen LogP contribution in [0.2, 0.25) is 0 Å². The van der Waals surface area contributed by atoms with Gasteiger partial charge in [0.05, 0.1) is 0 Å². The second-order valence-corrected chi connectivity index (χ2v) is 2.96. The van der Waals surface area contributed by atoms with E-state index >= 15 is 0 Å². The van der Waals surface area contributed by atoms with Gasteiger partial charge < -0.3 is 0 Å². The van der Waals surface area contributed by atoms with Crippen molar-refractivity contribution in [3.8, 4) is 0 Å². The first kappa shape index (κ1) is 4.95. The molecule has 29 valence electrons. The van der Waals surface area contributed by atoms with E-state index in [0.29, 0.717) is 0 Å². The van der Waals surface area contributed by atoms with E-state index in [-0.39, 0.29) is 3.85 Å². The van der Waals surface area contributed by atoms with Crippen molar-refractivity contribution >= 4 is 11.6 Å². The fourth-order valence-electron chi connectivity index (χ4n) is 0. The summed E-state index contributed by atoms with van der Waals surface area (Å²) in [7, 11) is 0. The molecule has 0 amide bonds. The average molecular weight is 170 g/mol. The van der Waals surface area contributed by atoms with E-state index in [9.17, 15) is 0 Å². The molecule has 0 bridgehead atoms. The van der Waals surface area contributed by atoms with Gasteiger partial charge in [0.15, 0.2) is 0 Å². The van der Waals surface area contributed by atoms with E-state index < -0.39 is 0 Å². The van der Waals surface area contributed by atoms with Crippen LogP contribution >= 0.6 is 11.6 Å². The first-order chi connectivity index (χ1) is 1.73. The van der Waals surface area contributed by atoms with Crippen LogP contribution in [0.25, 0.3) is 0 Å². The molecule has 0 aromatic heterocycles. The van der Waals surface area contributed by atoms with Crippen molar-refractivity contribution < 1.29 is 19.2 Å². The first-order valence-electron chi connectivity index (χ1n) is 0.978. The number of hydrogen-bond donors (Lipinski definition) is 0. The molecule has 0 aliphatic heterocycles. The summed E-state index contributed by atoms with van der Waals surface area (Å²) >= 11 is 8.02. The van der Waals surface area contributed by atoms with Gasteiger partial charge in [-0.1, -0.05) is 0 Å². The molecule has 4 heavy (non-hydrogen) atoms. The minimum atomic E-state index is 0.156. The fraction of sp³-hybridized carbons (Fsp3) is 1.00. The Morgan fingerprint density at radius 1 is 2.00 bits per heavy atom. The van der Waals surface area contributed by atoms with Crippen molar-refractivity contribution in [2.45, 2.75) is 10.8 Å². The molecule has 2 heteroatoms. The number of rotatable bonds is 0. The number of halogens is 1. The second kappa shape index (κ2) is 2.21. The van der Waals surface area contributed by atoms with E-state index in [1.807, 2.05) is 6.92 Å². The van der Waals surface area contributed by atoms with Gasteiger partial charge in [0.1, 0.15) is 0 Å². The molecule has 0 heterocycles. The molecule has 0 saturated carbocycles. The van der Waals surface area contributed by atoms with Gasteiger partial charge in [0.2, 0.25) is 0 Å². The standard InChI is InChI=1S/C2H4Cl.Pd/c1-2-3;/h2H,1H3;. The van der Waals surface area contributed by atoms with E-state index in [1.54, 1.807) is 0 Å². The Morgan fingerprint density at radius 2 is 2.00 bits per heavy atom. The summed E-state index contributed by atoms with van der Waals surface area (Å²) in [5.74, 6) is 0. The normalized spacial score (nSPS) is 16.0. The Balaban J connectivity index is 2.32. The minimum absolute atomic E-state index is 0.156. The fourth-order valence-corrected chi connectivity index (χ4v) is 0. The first-order valence-corrected chi connectivity index (χ1v) is 2.31. The Morgan fingerprint density at radius 3 is 2.00 bits per heavy atom. The summed E-state index contributed by atoms with van der Waals surface area (Å²) < 4.78 is 0.156. The molecule has 0 aromatic rings. The third-order valence-corrected chi connectivity index (χ3v) is 0. The molecule has 1 unspecified atom stereocenters. The predicted molar refractivity (Wildman–Crippen MR) is 15.3 cm³/mol. The van der Waals surface area contributed by atoms with Crippen LogP contribution in [0.15, 0.2) is 0 Å². The predicted octanol–water partition coefficient (Wildman–Crippen LogP) is 1.12. The topological polar surface area (TPSA) is 0 Å². The molecule has 0 aromatic carbocycles. The average Bonchev–Trinajstić information content (AvgIpc) is 0.811. The van der Waals surface area contributed by atoms with Gasteiger partial charge in [0, 0.05) is 0 Å². The summed E-state index contributed by atoms with van der Waals surface area (Å²) in [5.41, 5.74) is 0. The SMILES string of the molecule is C[CH](Cl)[Pd]. The molecule has 0 fully saturated rings. The quantitative estimate of drug-likeness (QED) is 0.377. The molecule has 0 aliphatic rings. The number of hydrogen-bond acceptors (Lipinski definition) is 0. The van der Waals surface area contributed by atoms with E-state index in [1.165, 1.54) is 0 Å². The van der Waals surface area contributed by atoms with Crippen LogP contribution < -0.4 is 0 Å². The van der Waals surface area contributed by atoms with Gasteiger partial charge in [-0.3, -0.25) is 0 Å². The van der Waals surface area contributed by atoms with Crippen LogP contribution in [0, 0.1) is 0 Å². The molecule has 0 saturated heterocycles. The maximum atomic E-state index is 5.21. The third kappa shape index (κ3) is 12.4. The van der Waals surface area contributed by atoms with Crippen LogP contribution in [-0.4, -0.2) is 3.85 Å². The Kier molecular flexibility index (Phi) is 2.73. The Bertz CT molecular complexity index is 10.8. The van der Waals surface area contributed by atoms with Crippen LogP contribution in [0.3, 0.4) is 0 Å². The monoisotopic (exact) mass is 169 g/mol. The van der Waals surface area contributed by atoms with Crippen molar-refractivity contribution in [1.29, 1.82) is 0 Å². The molecule has 1 atom stereocenters. The zero-order valence-corrected chi connectivity index (χ0v) is 4.58. The van der Waals surface area contributed by atoms with Gasteiger partial charge in [-0.15, -0.1) is 0 Å². The molecular weight excluding hydrogens is 166 g/mol. The maximum absolute atomic E-state index is 5.21. The van der Waals surface area contributed by atoms with Gasteiger partial charge in [-0.2, -0.15) is 0 Å². The van der Waals surface area contributed by atoms with Gasteiger partial charge in [-0.05, 0) is 0 Å². The van der Waals surface area contributed by atoms with Crippen molar-refractivity contribution in [3.63, 3.8) is 0 Å². The van der Waals surface area contributed by atoms with Crippen LogP contribution in [0.5, 0.6) is 0 Å².